The number of hydrogen-bond acceptors (Lipinski definition) is 4. The number of carbonyl (C=O) groups excluding carboxylic acids is 1. The molecule has 7 heteroatoms. The number of nitrogens with zero attached hydrogens (tertiary/aromatic N) is 4. The molecule has 0 aliphatic rings. The summed E-state index contributed by atoms with van der Waals surface area (Å²) in [6.07, 6.45) is 0. The van der Waals surface area contributed by atoms with Crippen molar-refractivity contribution < 1.29 is 9.18 Å². The minimum absolute atomic E-state index is 0.0609. The highest BCUT2D eigenvalue weighted by Crippen LogP contribution is 2.06. The second kappa shape index (κ2) is 6.13. The van der Waals surface area contributed by atoms with Crippen molar-refractivity contribution in [1.29, 1.82) is 0 Å². The molecule has 6 nitrogen and oxygen atoms in total. The first-order valence-corrected chi connectivity index (χ1v) is 6.61. The van der Waals surface area contributed by atoms with E-state index in [1.165, 1.54) is 10.9 Å². The first kappa shape index (κ1) is 13.9. The molecule has 22 heavy (non-hydrogen) atoms. The molecule has 0 radical (unpaired) electrons. The van der Waals surface area contributed by atoms with Crippen molar-refractivity contribution in [2.45, 2.75) is 6.54 Å². The number of amides is 1. The maximum atomic E-state index is 13.5. The Labute approximate surface area is 125 Å². The average molecular weight is 297 g/mol. The van der Waals surface area contributed by atoms with Crippen molar-refractivity contribution in [2.75, 3.05) is 0 Å². The molecule has 0 fully saturated rings. The number of carbonyl (C=O) groups is 1. The fourth-order valence-electron chi connectivity index (χ4n) is 1.87. The standard InChI is InChI=1S/C15H12FN5O/c16-13-9-5-4-6-11(13)10-17-15(22)14-18-20-21(19-14)12-7-2-1-3-8-12/h1-9H,10H2,(H,17,22). The van der Waals surface area contributed by atoms with E-state index >= 15 is 0 Å². The van der Waals surface area contributed by atoms with Gasteiger partial charge in [0.1, 0.15) is 5.82 Å². The van der Waals surface area contributed by atoms with Gasteiger partial charge in [0.15, 0.2) is 0 Å². The Kier molecular flexibility index (Phi) is 3.86. The molecule has 0 saturated heterocycles. The molecule has 1 N–H and O–H groups in total. The van der Waals surface area contributed by atoms with Gasteiger partial charge < -0.3 is 5.32 Å². The van der Waals surface area contributed by atoms with Gasteiger partial charge >= 0.3 is 0 Å². The van der Waals surface area contributed by atoms with Crippen molar-refractivity contribution in [1.82, 2.24) is 25.5 Å². The van der Waals surface area contributed by atoms with E-state index in [1.54, 1.807) is 30.3 Å². The number of para-hydroxylation sites is 1. The molecule has 1 heterocycles. The van der Waals surface area contributed by atoms with Gasteiger partial charge in [0, 0.05) is 12.1 Å². The summed E-state index contributed by atoms with van der Waals surface area (Å²) in [6, 6.07) is 15.3. The zero-order valence-electron chi connectivity index (χ0n) is 11.5. The maximum Gasteiger partial charge on any atom is 0.293 e. The third-order valence-electron chi connectivity index (χ3n) is 3.00. The quantitative estimate of drug-likeness (QED) is 0.796. The molecular weight excluding hydrogens is 285 g/mol. The molecule has 0 spiro atoms. The van der Waals surface area contributed by atoms with Gasteiger partial charge in [-0.15, -0.1) is 15.0 Å². The van der Waals surface area contributed by atoms with Gasteiger partial charge in [-0.05, 0) is 23.4 Å². The van der Waals surface area contributed by atoms with E-state index in [0.717, 1.165) is 0 Å². The SMILES string of the molecule is O=C(NCc1ccccc1F)c1nnn(-c2ccccc2)n1. The lowest BCUT2D eigenvalue weighted by Crippen LogP contribution is -2.24. The third-order valence-corrected chi connectivity index (χ3v) is 3.00. The topological polar surface area (TPSA) is 72.7 Å². The van der Waals surface area contributed by atoms with E-state index in [1.807, 2.05) is 18.2 Å². The van der Waals surface area contributed by atoms with Crippen LogP contribution >= 0.6 is 0 Å². The average Bonchev–Trinajstić information content (AvgIpc) is 3.05. The number of hydrogen-bond donors (Lipinski definition) is 1. The normalized spacial score (nSPS) is 10.4. The monoisotopic (exact) mass is 297 g/mol. The van der Waals surface area contributed by atoms with E-state index in [9.17, 15) is 9.18 Å². The van der Waals surface area contributed by atoms with Crippen LogP contribution in [0.5, 0.6) is 0 Å². The highest BCUT2D eigenvalue weighted by Gasteiger charge is 2.13. The van der Waals surface area contributed by atoms with E-state index in [4.69, 9.17) is 0 Å². The van der Waals surface area contributed by atoms with Gasteiger partial charge in [0.25, 0.3) is 11.7 Å². The summed E-state index contributed by atoms with van der Waals surface area (Å²) in [7, 11) is 0. The molecule has 110 valence electrons. The zero-order chi connectivity index (χ0) is 15.4. The van der Waals surface area contributed by atoms with Crippen molar-refractivity contribution in [3.05, 3.63) is 71.8 Å². The fourth-order valence-corrected chi connectivity index (χ4v) is 1.87. The summed E-state index contributed by atoms with van der Waals surface area (Å²) in [5.74, 6) is -0.950. The minimum atomic E-state index is -0.509. The summed E-state index contributed by atoms with van der Waals surface area (Å²) in [5, 5.41) is 14.1. The van der Waals surface area contributed by atoms with E-state index in [2.05, 4.69) is 20.7 Å². The lowest BCUT2D eigenvalue weighted by atomic mass is 10.2. The number of tetrazole rings is 1. The van der Waals surface area contributed by atoms with E-state index in [-0.39, 0.29) is 18.2 Å². The summed E-state index contributed by atoms with van der Waals surface area (Å²) in [5.41, 5.74) is 1.09. The summed E-state index contributed by atoms with van der Waals surface area (Å²) >= 11 is 0. The molecule has 0 unspecified atom stereocenters. The number of halogens is 1. The lowest BCUT2D eigenvalue weighted by molar-refractivity contribution is 0.0940. The molecule has 0 bridgehead atoms. The Hall–Kier alpha value is -3.09. The van der Waals surface area contributed by atoms with E-state index in [0.29, 0.717) is 11.3 Å². The van der Waals surface area contributed by atoms with Crippen LogP contribution in [0.3, 0.4) is 0 Å². The Bertz CT molecular complexity index is 787. The first-order chi connectivity index (χ1) is 10.7. The first-order valence-electron chi connectivity index (χ1n) is 6.61. The Balaban J connectivity index is 1.69. The lowest BCUT2D eigenvalue weighted by Gasteiger charge is -2.03. The molecule has 1 amide bonds. The van der Waals surface area contributed by atoms with E-state index < -0.39 is 5.91 Å². The smallest absolute Gasteiger partial charge is 0.293 e. The molecule has 0 atom stereocenters. The Morgan fingerprint density at radius 2 is 1.82 bits per heavy atom. The Morgan fingerprint density at radius 1 is 1.09 bits per heavy atom. The predicted molar refractivity (Wildman–Crippen MR) is 76.7 cm³/mol. The summed E-state index contributed by atoms with van der Waals surface area (Å²) < 4.78 is 13.5. The van der Waals surface area contributed by atoms with Crippen LogP contribution in [0.2, 0.25) is 0 Å². The molecule has 3 rings (SSSR count). The van der Waals surface area contributed by atoms with Gasteiger partial charge in [0.05, 0.1) is 5.69 Å². The van der Waals surface area contributed by atoms with Crippen LogP contribution in [0.4, 0.5) is 4.39 Å². The molecule has 0 aliphatic heterocycles. The van der Waals surface area contributed by atoms with Crippen LogP contribution in [-0.4, -0.2) is 26.1 Å². The number of aromatic nitrogens is 4. The van der Waals surface area contributed by atoms with Gasteiger partial charge in [-0.1, -0.05) is 36.4 Å². The van der Waals surface area contributed by atoms with Gasteiger partial charge in [-0.3, -0.25) is 4.79 Å². The second-order valence-corrected chi connectivity index (χ2v) is 4.51. The van der Waals surface area contributed by atoms with Crippen molar-refractivity contribution in [3.63, 3.8) is 0 Å². The van der Waals surface area contributed by atoms with Crippen LogP contribution in [0.15, 0.2) is 54.6 Å². The zero-order valence-corrected chi connectivity index (χ0v) is 11.5. The molecule has 0 saturated carbocycles. The molecular formula is C15H12FN5O. The molecule has 2 aromatic carbocycles. The van der Waals surface area contributed by atoms with Crippen LogP contribution in [0.1, 0.15) is 16.2 Å². The van der Waals surface area contributed by atoms with Crippen LogP contribution in [-0.2, 0) is 6.54 Å². The highest BCUT2D eigenvalue weighted by atomic mass is 19.1. The molecule has 1 aromatic heterocycles. The summed E-state index contributed by atoms with van der Waals surface area (Å²) in [4.78, 5) is 13.2. The number of nitrogens with one attached hydrogen (secondary N) is 1. The van der Waals surface area contributed by atoms with Crippen molar-refractivity contribution in [3.8, 4) is 5.69 Å². The largest absolute Gasteiger partial charge is 0.345 e. The maximum absolute atomic E-state index is 13.5. The Morgan fingerprint density at radius 3 is 2.59 bits per heavy atom. The highest BCUT2D eigenvalue weighted by molar-refractivity contribution is 5.90. The fraction of sp³-hybridized carbons (Fsp3) is 0.0667. The number of rotatable bonds is 4. The van der Waals surface area contributed by atoms with Crippen LogP contribution in [0, 0.1) is 5.82 Å². The van der Waals surface area contributed by atoms with Gasteiger partial charge in [-0.25, -0.2) is 4.39 Å². The predicted octanol–water partition coefficient (Wildman–Crippen LogP) is 1.73. The number of benzene rings is 2. The third kappa shape index (κ3) is 2.98. The van der Waals surface area contributed by atoms with Crippen molar-refractivity contribution in [2.24, 2.45) is 0 Å². The van der Waals surface area contributed by atoms with Crippen LogP contribution < -0.4 is 5.32 Å². The van der Waals surface area contributed by atoms with Crippen molar-refractivity contribution >= 4 is 5.91 Å². The van der Waals surface area contributed by atoms with Gasteiger partial charge in [-0.2, -0.15) is 0 Å². The van der Waals surface area contributed by atoms with Crippen LogP contribution in [0.25, 0.3) is 5.69 Å². The molecule has 3 aromatic rings. The second-order valence-electron chi connectivity index (χ2n) is 4.51. The molecule has 0 aliphatic carbocycles. The van der Waals surface area contributed by atoms with Gasteiger partial charge in [0.2, 0.25) is 0 Å². The summed E-state index contributed by atoms with van der Waals surface area (Å²) in [6.45, 7) is 0.0609. The minimum Gasteiger partial charge on any atom is -0.345 e.